The molecule has 4 atom stereocenters. The van der Waals surface area contributed by atoms with Crippen molar-refractivity contribution in [1.82, 2.24) is 16.0 Å². The molecule has 0 aliphatic heterocycles. The molecule has 0 fully saturated rings. The van der Waals surface area contributed by atoms with E-state index in [1.807, 2.05) is 5.32 Å². The Morgan fingerprint density at radius 1 is 0.839 bits per heavy atom. The van der Waals surface area contributed by atoms with Crippen LogP contribution in [0.25, 0.3) is 0 Å². The molecule has 14 nitrogen and oxygen atoms in total. The number of hydrogen-bond acceptors (Lipinski definition) is 8. The fourth-order valence-electron chi connectivity index (χ4n) is 2.25. The van der Waals surface area contributed by atoms with Crippen LogP contribution >= 0.6 is 0 Å². The van der Waals surface area contributed by atoms with Crippen LogP contribution < -0.4 is 27.4 Å². The first-order valence-electron chi connectivity index (χ1n) is 9.30. The van der Waals surface area contributed by atoms with E-state index < -0.39 is 85.6 Å². The Hall–Kier alpha value is -3.26. The molecule has 0 saturated heterocycles. The molecule has 0 aliphatic carbocycles. The molecule has 10 N–H and O–H groups in total. The van der Waals surface area contributed by atoms with Crippen molar-refractivity contribution in [3.8, 4) is 0 Å². The fraction of sp³-hybridized carbons (Fsp3) is 0.647. The molecule has 0 aromatic carbocycles. The summed E-state index contributed by atoms with van der Waals surface area (Å²) in [6.07, 6.45) is -1.61. The minimum absolute atomic E-state index is 0.285. The molecule has 0 radical (unpaired) electrons. The van der Waals surface area contributed by atoms with Gasteiger partial charge in [-0.3, -0.25) is 24.0 Å². The summed E-state index contributed by atoms with van der Waals surface area (Å²) in [5, 5.41) is 33.5. The summed E-state index contributed by atoms with van der Waals surface area (Å²) in [6.45, 7) is 2.36. The number of aliphatic hydroxyl groups excluding tert-OH is 1. The number of aliphatic carboxylic acids is 2. The molecule has 0 heterocycles. The van der Waals surface area contributed by atoms with Crippen molar-refractivity contribution >= 4 is 35.6 Å². The van der Waals surface area contributed by atoms with Crippen LogP contribution in [0.3, 0.4) is 0 Å². The predicted octanol–water partition coefficient (Wildman–Crippen LogP) is -3.76. The summed E-state index contributed by atoms with van der Waals surface area (Å²) in [5.74, 6) is -6.93. The molecule has 176 valence electrons. The molecule has 0 bridgehead atoms. The van der Waals surface area contributed by atoms with Crippen molar-refractivity contribution in [2.75, 3.05) is 6.61 Å². The maximum atomic E-state index is 12.5. The van der Waals surface area contributed by atoms with Gasteiger partial charge in [0, 0.05) is 6.42 Å². The highest BCUT2D eigenvalue weighted by molar-refractivity contribution is 5.96. The van der Waals surface area contributed by atoms with E-state index in [1.54, 1.807) is 13.8 Å². The summed E-state index contributed by atoms with van der Waals surface area (Å²) in [4.78, 5) is 69.8. The number of primary amides is 1. The summed E-state index contributed by atoms with van der Waals surface area (Å²) in [5.41, 5.74) is 10.8. The van der Waals surface area contributed by atoms with E-state index in [0.717, 1.165) is 0 Å². The number of carboxylic acid groups (broad SMARTS) is 2. The van der Waals surface area contributed by atoms with E-state index in [0.29, 0.717) is 0 Å². The zero-order chi connectivity index (χ0) is 24.3. The van der Waals surface area contributed by atoms with Gasteiger partial charge < -0.3 is 42.7 Å². The van der Waals surface area contributed by atoms with E-state index in [-0.39, 0.29) is 5.92 Å². The number of aliphatic hydroxyl groups is 1. The molecule has 4 unspecified atom stereocenters. The largest absolute Gasteiger partial charge is 0.481 e. The van der Waals surface area contributed by atoms with E-state index in [9.17, 15) is 33.9 Å². The minimum Gasteiger partial charge on any atom is -0.481 e. The van der Waals surface area contributed by atoms with Gasteiger partial charge in [-0.1, -0.05) is 13.8 Å². The van der Waals surface area contributed by atoms with Gasteiger partial charge in [0.15, 0.2) is 0 Å². The topological polar surface area (TPSA) is 251 Å². The minimum atomic E-state index is -1.65. The van der Waals surface area contributed by atoms with Crippen molar-refractivity contribution < 1.29 is 44.1 Å². The van der Waals surface area contributed by atoms with Crippen LogP contribution in [0.1, 0.15) is 33.1 Å². The third-order valence-electron chi connectivity index (χ3n) is 4.14. The van der Waals surface area contributed by atoms with Crippen LogP contribution in [-0.2, 0) is 28.8 Å². The molecule has 31 heavy (non-hydrogen) atoms. The number of carbonyl (C=O) groups is 6. The molecule has 0 aromatic rings. The van der Waals surface area contributed by atoms with Gasteiger partial charge in [0.25, 0.3) is 0 Å². The molecule has 0 aliphatic rings. The molecule has 0 rings (SSSR count). The molecule has 0 saturated carbocycles. The number of carbonyl (C=O) groups excluding carboxylic acids is 4. The second kappa shape index (κ2) is 13.1. The first-order chi connectivity index (χ1) is 14.3. The lowest BCUT2D eigenvalue weighted by Gasteiger charge is -2.24. The molecule has 14 heteroatoms. The SMILES string of the molecule is CC(C)C(N)C(=O)NC(CC(N)=O)C(=O)NC(CO)C(=O)NC(CCC(=O)O)C(=O)O. The average Bonchev–Trinajstić information content (AvgIpc) is 2.66. The molecule has 4 amide bonds. The molecular weight excluding hydrogens is 418 g/mol. The van der Waals surface area contributed by atoms with Gasteiger partial charge in [0.1, 0.15) is 18.1 Å². The predicted molar refractivity (Wildman–Crippen MR) is 104 cm³/mol. The van der Waals surface area contributed by atoms with Crippen LogP contribution in [0, 0.1) is 5.92 Å². The zero-order valence-electron chi connectivity index (χ0n) is 17.2. The van der Waals surface area contributed by atoms with Crippen LogP contribution in [-0.4, -0.2) is 81.7 Å². The first-order valence-corrected chi connectivity index (χ1v) is 9.30. The smallest absolute Gasteiger partial charge is 0.326 e. The Morgan fingerprint density at radius 3 is 1.74 bits per heavy atom. The quantitative estimate of drug-likeness (QED) is 0.129. The number of nitrogens with one attached hydrogen (secondary N) is 3. The van der Waals surface area contributed by atoms with Gasteiger partial charge in [0.05, 0.1) is 19.1 Å². The van der Waals surface area contributed by atoms with Crippen molar-refractivity contribution in [2.24, 2.45) is 17.4 Å². The van der Waals surface area contributed by atoms with Crippen molar-refractivity contribution in [3.63, 3.8) is 0 Å². The van der Waals surface area contributed by atoms with Crippen LogP contribution in [0.2, 0.25) is 0 Å². The lowest BCUT2D eigenvalue weighted by atomic mass is 10.0. The second-order valence-corrected chi connectivity index (χ2v) is 7.08. The van der Waals surface area contributed by atoms with Crippen LogP contribution in [0.4, 0.5) is 0 Å². The van der Waals surface area contributed by atoms with Gasteiger partial charge in [-0.05, 0) is 12.3 Å². The summed E-state index contributed by atoms with van der Waals surface area (Å²) < 4.78 is 0. The van der Waals surface area contributed by atoms with Gasteiger partial charge in [-0.15, -0.1) is 0 Å². The fourth-order valence-corrected chi connectivity index (χ4v) is 2.25. The average molecular weight is 447 g/mol. The van der Waals surface area contributed by atoms with Gasteiger partial charge in [-0.25, -0.2) is 4.79 Å². The van der Waals surface area contributed by atoms with Crippen molar-refractivity contribution in [2.45, 2.75) is 57.3 Å². The van der Waals surface area contributed by atoms with E-state index >= 15 is 0 Å². The summed E-state index contributed by atoms with van der Waals surface area (Å²) in [7, 11) is 0. The summed E-state index contributed by atoms with van der Waals surface area (Å²) in [6, 6.07) is -5.73. The third-order valence-corrected chi connectivity index (χ3v) is 4.14. The highest BCUT2D eigenvalue weighted by atomic mass is 16.4. The van der Waals surface area contributed by atoms with E-state index in [4.69, 9.17) is 21.7 Å². The summed E-state index contributed by atoms with van der Waals surface area (Å²) >= 11 is 0. The second-order valence-electron chi connectivity index (χ2n) is 7.08. The van der Waals surface area contributed by atoms with Crippen LogP contribution in [0.5, 0.6) is 0 Å². The van der Waals surface area contributed by atoms with Gasteiger partial charge in [0.2, 0.25) is 23.6 Å². The van der Waals surface area contributed by atoms with E-state index in [1.165, 1.54) is 0 Å². The van der Waals surface area contributed by atoms with Crippen molar-refractivity contribution in [1.29, 1.82) is 0 Å². The highest BCUT2D eigenvalue weighted by Crippen LogP contribution is 2.02. The number of carboxylic acids is 2. The standard InChI is InChI=1S/C17H29N5O9/c1-7(2)13(19)16(29)21-9(5-11(18)24)14(27)22-10(6-23)15(28)20-8(17(30)31)3-4-12(25)26/h7-10,13,23H,3-6,19H2,1-2H3,(H2,18,24)(H,20,28)(H,21,29)(H,22,27)(H,25,26)(H,30,31). The Labute approximate surface area is 177 Å². The van der Waals surface area contributed by atoms with Gasteiger partial charge >= 0.3 is 11.9 Å². The third kappa shape index (κ3) is 10.4. The molecular formula is C17H29N5O9. The Morgan fingerprint density at radius 2 is 1.32 bits per heavy atom. The van der Waals surface area contributed by atoms with E-state index in [2.05, 4.69) is 10.6 Å². The van der Waals surface area contributed by atoms with Gasteiger partial charge in [-0.2, -0.15) is 0 Å². The number of nitrogens with two attached hydrogens (primary N) is 2. The zero-order valence-corrected chi connectivity index (χ0v) is 17.2. The lowest BCUT2D eigenvalue weighted by Crippen LogP contribution is -2.59. The van der Waals surface area contributed by atoms with Crippen LogP contribution in [0.15, 0.2) is 0 Å². The maximum absolute atomic E-state index is 12.5. The molecule has 0 spiro atoms. The Bertz CT molecular complexity index is 697. The highest BCUT2D eigenvalue weighted by Gasteiger charge is 2.31. The Kier molecular flexibility index (Phi) is 11.7. The first kappa shape index (κ1) is 27.7. The normalized spacial score (nSPS) is 14.6. The number of hydrogen-bond donors (Lipinski definition) is 8. The monoisotopic (exact) mass is 447 g/mol. The lowest BCUT2D eigenvalue weighted by molar-refractivity contribution is -0.144. The molecule has 0 aromatic heterocycles. The number of amides is 4. The Balaban J connectivity index is 5.26. The maximum Gasteiger partial charge on any atom is 0.326 e. The number of rotatable bonds is 14. The van der Waals surface area contributed by atoms with Crippen molar-refractivity contribution in [3.05, 3.63) is 0 Å².